The predicted molar refractivity (Wildman–Crippen MR) is 107 cm³/mol. The molecule has 6 heteroatoms. The van der Waals surface area contributed by atoms with Crippen LogP contribution in [0, 0.1) is 0 Å². The second-order valence-electron chi connectivity index (χ2n) is 7.78. The van der Waals surface area contributed by atoms with E-state index in [4.69, 9.17) is 9.47 Å². The fourth-order valence-electron chi connectivity index (χ4n) is 5.20. The third-order valence-corrected chi connectivity index (χ3v) is 6.49. The van der Waals surface area contributed by atoms with Crippen molar-refractivity contribution in [3.63, 3.8) is 0 Å². The second kappa shape index (κ2) is 6.33. The molecule has 1 N–H and O–H groups in total. The molecule has 6 nitrogen and oxygen atoms in total. The number of fused-ring (bicyclic) bond motifs is 3. The Hall–Kier alpha value is -2.89. The zero-order chi connectivity index (χ0) is 19.4. The number of carboxylic acid groups (broad SMARTS) is 1. The van der Waals surface area contributed by atoms with E-state index in [1.54, 1.807) is 19.1 Å². The summed E-state index contributed by atoms with van der Waals surface area (Å²) in [4.78, 5) is 15.6. The molecule has 28 heavy (non-hydrogen) atoms. The minimum Gasteiger partial charge on any atom is -0.493 e. The SMILES string of the molecule is COc1ccc(-c2cc3c4c(c2)[C@@H]2CN(C(=O)O)CC[C@@H]2N4CC3)cc1OC. The van der Waals surface area contributed by atoms with Crippen LogP contribution in [0.3, 0.4) is 0 Å². The lowest BCUT2D eigenvalue weighted by Crippen LogP contribution is -2.47. The van der Waals surface area contributed by atoms with Crippen molar-refractivity contribution in [1.82, 2.24) is 4.90 Å². The summed E-state index contributed by atoms with van der Waals surface area (Å²) in [7, 11) is 3.29. The molecule has 0 spiro atoms. The number of piperidine rings is 1. The van der Waals surface area contributed by atoms with Gasteiger partial charge in [0.05, 0.1) is 14.2 Å². The van der Waals surface area contributed by atoms with E-state index >= 15 is 0 Å². The minimum absolute atomic E-state index is 0.249. The molecule has 1 fully saturated rings. The smallest absolute Gasteiger partial charge is 0.407 e. The number of hydrogen-bond acceptors (Lipinski definition) is 4. The van der Waals surface area contributed by atoms with Crippen LogP contribution in [0.15, 0.2) is 30.3 Å². The van der Waals surface area contributed by atoms with Crippen molar-refractivity contribution in [2.24, 2.45) is 0 Å². The highest BCUT2D eigenvalue weighted by Crippen LogP contribution is 2.51. The lowest BCUT2D eigenvalue weighted by Gasteiger charge is -2.37. The molecule has 0 aromatic heterocycles. The van der Waals surface area contributed by atoms with Crippen molar-refractivity contribution in [2.75, 3.05) is 38.8 Å². The van der Waals surface area contributed by atoms with Crippen molar-refractivity contribution in [1.29, 1.82) is 0 Å². The largest absolute Gasteiger partial charge is 0.493 e. The van der Waals surface area contributed by atoms with Gasteiger partial charge in [0.2, 0.25) is 0 Å². The van der Waals surface area contributed by atoms with Crippen LogP contribution in [0.5, 0.6) is 11.5 Å². The third kappa shape index (κ3) is 2.44. The van der Waals surface area contributed by atoms with E-state index in [2.05, 4.69) is 23.1 Å². The molecule has 0 aliphatic carbocycles. The number of nitrogens with zero attached hydrogens (tertiary/aromatic N) is 2. The van der Waals surface area contributed by atoms with Crippen LogP contribution in [-0.4, -0.2) is 56.0 Å². The first kappa shape index (κ1) is 17.2. The van der Waals surface area contributed by atoms with Crippen molar-refractivity contribution >= 4 is 11.8 Å². The summed E-state index contributed by atoms with van der Waals surface area (Å²) in [6.45, 7) is 2.24. The Bertz CT molecular complexity index is 958. The highest BCUT2D eigenvalue weighted by Gasteiger charge is 2.45. The Kier molecular flexibility index (Phi) is 3.89. The number of hydrogen-bond donors (Lipinski definition) is 1. The summed E-state index contributed by atoms with van der Waals surface area (Å²) in [6, 6.07) is 11.0. The van der Waals surface area contributed by atoms with Gasteiger partial charge in [-0.15, -0.1) is 0 Å². The molecule has 3 aliphatic rings. The van der Waals surface area contributed by atoms with Crippen LogP contribution in [0.25, 0.3) is 11.1 Å². The molecule has 2 aromatic rings. The summed E-state index contributed by atoms with van der Waals surface area (Å²) in [6.07, 6.45) is 1.14. The van der Waals surface area contributed by atoms with Crippen LogP contribution >= 0.6 is 0 Å². The van der Waals surface area contributed by atoms with E-state index in [9.17, 15) is 9.90 Å². The summed E-state index contributed by atoms with van der Waals surface area (Å²) < 4.78 is 10.8. The van der Waals surface area contributed by atoms with Gasteiger partial charge in [-0.05, 0) is 59.4 Å². The molecular weight excluding hydrogens is 356 g/mol. The zero-order valence-electron chi connectivity index (χ0n) is 16.1. The molecule has 2 atom stereocenters. The Balaban J connectivity index is 1.58. The lowest BCUT2D eigenvalue weighted by atomic mass is 9.86. The average Bonchev–Trinajstić information content (AvgIpc) is 3.29. The molecular formula is C22H24N2O4. The van der Waals surface area contributed by atoms with Crippen LogP contribution < -0.4 is 14.4 Å². The number of anilines is 1. The highest BCUT2D eigenvalue weighted by molar-refractivity contribution is 5.79. The molecule has 0 saturated carbocycles. The monoisotopic (exact) mass is 380 g/mol. The molecule has 0 bridgehead atoms. The molecule has 0 unspecified atom stereocenters. The van der Waals surface area contributed by atoms with Gasteiger partial charge in [0, 0.05) is 37.3 Å². The van der Waals surface area contributed by atoms with Gasteiger partial charge in [0.15, 0.2) is 11.5 Å². The third-order valence-electron chi connectivity index (χ3n) is 6.49. The van der Waals surface area contributed by atoms with Gasteiger partial charge >= 0.3 is 6.09 Å². The molecule has 0 radical (unpaired) electrons. The van der Waals surface area contributed by atoms with Crippen LogP contribution in [0.2, 0.25) is 0 Å². The van der Waals surface area contributed by atoms with Crippen LogP contribution in [-0.2, 0) is 6.42 Å². The molecule has 3 heterocycles. The predicted octanol–water partition coefficient (Wildman–Crippen LogP) is 3.58. The minimum atomic E-state index is -0.813. The van der Waals surface area contributed by atoms with E-state index in [1.807, 2.05) is 12.1 Å². The molecule has 5 rings (SSSR count). The van der Waals surface area contributed by atoms with Crippen molar-refractivity contribution < 1.29 is 19.4 Å². The molecule has 3 aliphatic heterocycles. The fourth-order valence-corrected chi connectivity index (χ4v) is 5.20. The Morgan fingerprint density at radius 2 is 1.89 bits per heavy atom. The zero-order valence-corrected chi connectivity index (χ0v) is 16.1. The van der Waals surface area contributed by atoms with E-state index < -0.39 is 6.09 Å². The molecule has 146 valence electrons. The first-order chi connectivity index (χ1) is 13.6. The van der Waals surface area contributed by atoms with Crippen LogP contribution in [0.4, 0.5) is 10.5 Å². The number of benzene rings is 2. The molecule has 2 aromatic carbocycles. The van der Waals surface area contributed by atoms with E-state index in [1.165, 1.54) is 16.8 Å². The number of ether oxygens (including phenoxy) is 2. The van der Waals surface area contributed by atoms with Gasteiger partial charge < -0.3 is 24.4 Å². The Morgan fingerprint density at radius 3 is 2.64 bits per heavy atom. The normalized spacial score (nSPS) is 22.1. The van der Waals surface area contributed by atoms with Gasteiger partial charge in [-0.25, -0.2) is 4.79 Å². The number of rotatable bonds is 3. The second-order valence-corrected chi connectivity index (χ2v) is 7.78. The van der Waals surface area contributed by atoms with E-state index in [0.29, 0.717) is 30.6 Å². The number of amides is 1. The quantitative estimate of drug-likeness (QED) is 0.882. The van der Waals surface area contributed by atoms with Gasteiger partial charge in [-0.3, -0.25) is 0 Å². The van der Waals surface area contributed by atoms with Crippen molar-refractivity contribution in [2.45, 2.75) is 24.8 Å². The standard InChI is InChI=1S/C22H24N2O4/c1-27-19-4-3-13(11-20(19)28-2)15-9-14-5-8-24-18-6-7-23(22(25)26)12-17(18)16(10-15)21(14)24/h3-4,9-11,17-18H,5-8,12H2,1-2H3,(H,25,26)/t17-,18-/m0/s1. The van der Waals surface area contributed by atoms with Crippen molar-refractivity contribution in [3.8, 4) is 22.6 Å². The lowest BCUT2D eigenvalue weighted by molar-refractivity contribution is 0.127. The number of likely N-dealkylation sites (tertiary alicyclic amines) is 1. The highest BCUT2D eigenvalue weighted by atomic mass is 16.5. The number of carbonyl (C=O) groups is 1. The Labute approximate surface area is 164 Å². The van der Waals surface area contributed by atoms with Gasteiger partial charge in [-0.2, -0.15) is 0 Å². The first-order valence-electron chi connectivity index (χ1n) is 9.74. The van der Waals surface area contributed by atoms with E-state index in [-0.39, 0.29) is 5.92 Å². The number of methoxy groups -OCH3 is 2. The summed E-state index contributed by atoms with van der Waals surface area (Å²) in [5.41, 5.74) is 6.27. The first-order valence-corrected chi connectivity index (χ1v) is 9.74. The van der Waals surface area contributed by atoms with Gasteiger partial charge in [-0.1, -0.05) is 6.07 Å². The van der Waals surface area contributed by atoms with Crippen molar-refractivity contribution in [3.05, 3.63) is 41.5 Å². The summed E-state index contributed by atoms with van der Waals surface area (Å²) in [5.74, 6) is 1.68. The molecule has 1 saturated heterocycles. The topological polar surface area (TPSA) is 62.2 Å². The van der Waals surface area contributed by atoms with Gasteiger partial charge in [0.1, 0.15) is 0 Å². The maximum absolute atomic E-state index is 11.5. The van der Waals surface area contributed by atoms with Gasteiger partial charge in [0.25, 0.3) is 0 Å². The summed E-state index contributed by atoms with van der Waals surface area (Å²) >= 11 is 0. The summed E-state index contributed by atoms with van der Waals surface area (Å²) in [5, 5.41) is 9.47. The van der Waals surface area contributed by atoms with E-state index in [0.717, 1.165) is 30.5 Å². The maximum atomic E-state index is 11.5. The maximum Gasteiger partial charge on any atom is 0.407 e. The molecule has 1 amide bonds. The average molecular weight is 380 g/mol. The van der Waals surface area contributed by atoms with Crippen LogP contribution in [0.1, 0.15) is 23.5 Å². The Morgan fingerprint density at radius 1 is 1.07 bits per heavy atom. The fraction of sp³-hybridized carbons (Fsp3) is 0.409.